The maximum Gasteiger partial charge on any atom is 0.401 e. The van der Waals surface area contributed by atoms with Gasteiger partial charge in [-0.05, 0) is 77.6 Å². The van der Waals surface area contributed by atoms with Crippen LogP contribution in [0.1, 0.15) is 72.3 Å². The number of hydrogen-bond acceptors (Lipinski definition) is 10. The number of aromatic nitrogens is 10. The molecule has 0 radical (unpaired) electrons. The molecule has 6 aromatic heterocycles. The van der Waals surface area contributed by atoms with Gasteiger partial charge in [-0.1, -0.05) is 0 Å². The van der Waals surface area contributed by atoms with Gasteiger partial charge in [-0.15, -0.1) is 0 Å². The summed E-state index contributed by atoms with van der Waals surface area (Å²) < 4.78 is 78.9. The van der Waals surface area contributed by atoms with E-state index in [-0.39, 0.29) is 47.4 Å². The summed E-state index contributed by atoms with van der Waals surface area (Å²) in [5.74, 6) is 0.00101. The molecular formula is C38H44F6N14O2. The third kappa shape index (κ3) is 10.4. The Hall–Kier alpha value is -5.90. The van der Waals surface area contributed by atoms with Crippen LogP contribution < -0.4 is 10.6 Å². The molecular weight excluding hydrogens is 799 g/mol. The molecule has 6 heterocycles. The van der Waals surface area contributed by atoms with Crippen molar-refractivity contribution < 1.29 is 35.9 Å². The van der Waals surface area contributed by atoms with Crippen molar-refractivity contribution in [3.05, 3.63) is 73.4 Å². The van der Waals surface area contributed by atoms with E-state index < -0.39 is 25.4 Å². The summed E-state index contributed by atoms with van der Waals surface area (Å²) in [6, 6.07) is 3.03. The maximum absolute atomic E-state index is 12.9. The summed E-state index contributed by atoms with van der Waals surface area (Å²) in [6.45, 7) is -1.84. The highest BCUT2D eigenvalue weighted by Crippen LogP contribution is 2.28. The van der Waals surface area contributed by atoms with E-state index in [1.165, 1.54) is 23.9 Å². The Morgan fingerprint density at radius 2 is 1.03 bits per heavy atom. The fourth-order valence-corrected chi connectivity index (χ4v) is 7.83. The van der Waals surface area contributed by atoms with Crippen LogP contribution >= 0.6 is 0 Å². The summed E-state index contributed by atoms with van der Waals surface area (Å²) in [6.07, 6.45) is 9.49. The molecule has 0 saturated heterocycles. The summed E-state index contributed by atoms with van der Waals surface area (Å²) in [4.78, 5) is 60.2. The van der Waals surface area contributed by atoms with E-state index in [0.717, 1.165) is 0 Å². The third-order valence-electron chi connectivity index (χ3n) is 10.9. The molecule has 2 aliphatic carbocycles. The number of H-pyrrole nitrogens is 2. The minimum absolute atomic E-state index is 0.107. The molecule has 4 N–H and O–H groups in total. The van der Waals surface area contributed by atoms with Gasteiger partial charge in [-0.25, -0.2) is 29.9 Å². The Labute approximate surface area is 339 Å². The number of nitrogens with zero attached hydrogens (tertiary/aromatic N) is 10. The number of carbonyl (C=O) groups is 2. The maximum atomic E-state index is 12.9. The first kappa shape index (κ1) is 42.2. The molecule has 60 heavy (non-hydrogen) atoms. The minimum atomic E-state index is -4.21. The highest BCUT2D eigenvalue weighted by molar-refractivity contribution is 6.04. The van der Waals surface area contributed by atoms with Gasteiger partial charge in [0.15, 0.2) is 11.4 Å². The number of amides is 2. The van der Waals surface area contributed by atoms with E-state index in [0.29, 0.717) is 85.3 Å². The molecule has 0 unspecified atom stereocenters. The first-order valence-electron chi connectivity index (χ1n) is 19.4. The average Bonchev–Trinajstić information content (AvgIpc) is 4.05. The summed E-state index contributed by atoms with van der Waals surface area (Å²) in [5, 5.41) is 5.96. The lowest BCUT2D eigenvalue weighted by atomic mass is 9.90. The molecule has 0 bridgehead atoms. The monoisotopic (exact) mass is 842 g/mol. The van der Waals surface area contributed by atoms with E-state index in [1.807, 2.05) is 0 Å². The minimum Gasteiger partial charge on any atom is -0.358 e. The van der Waals surface area contributed by atoms with Gasteiger partial charge >= 0.3 is 12.4 Å². The van der Waals surface area contributed by atoms with E-state index >= 15 is 0 Å². The second-order valence-corrected chi connectivity index (χ2v) is 15.2. The SMILES string of the molecule is CN(CC(F)(F)F)C1CCC(NC(=O)c2nc(-n3ccnc3)nc3cc[nH]c23)CC1.CN(CC(F)(F)F)C1CCC(NC(=O)c2nc(-n3ccnc3)nc3cc[nH]c23)CC1. The molecule has 2 fully saturated rings. The van der Waals surface area contributed by atoms with E-state index in [2.05, 4.69) is 50.5 Å². The molecule has 0 aromatic carbocycles. The van der Waals surface area contributed by atoms with Gasteiger partial charge in [0, 0.05) is 61.3 Å². The van der Waals surface area contributed by atoms with Crippen LogP contribution in [0.2, 0.25) is 0 Å². The van der Waals surface area contributed by atoms with Gasteiger partial charge in [0.05, 0.1) is 35.2 Å². The van der Waals surface area contributed by atoms with Crippen LogP contribution in [-0.4, -0.2) is 134 Å². The standard InChI is InChI=1S/2C19H22F3N7O/c2*1-28(10-19(20,21)22)13-4-2-12(3-5-13)25-17(30)16-15-14(6-7-24-15)26-18(27-16)29-9-8-23-11-29/h2*6-9,11-13,24H,2-5,10H2,1H3,(H,25,30). The Morgan fingerprint density at radius 1 is 0.650 bits per heavy atom. The predicted molar refractivity (Wildman–Crippen MR) is 206 cm³/mol. The molecule has 2 aliphatic rings. The number of halogens is 6. The van der Waals surface area contributed by atoms with E-state index in [1.54, 1.807) is 71.1 Å². The Morgan fingerprint density at radius 3 is 1.37 bits per heavy atom. The zero-order chi connectivity index (χ0) is 42.6. The largest absolute Gasteiger partial charge is 0.401 e. The zero-order valence-corrected chi connectivity index (χ0v) is 32.7. The number of aromatic amines is 2. The molecule has 22 heteroatoms. The van der Waals surface area contributed by atoms with Crippen LogP contribution in [0, 0.1) is 0 Å². The highest BCUT2D eigenvalue weighted by atomic mass is 19.4. The molecule has 2 saturated carbocycles. The summed E-state index contributed by atoms with van der Waals surface area (Å²) in [5.41, 5.74) is 2.74. The molecule has 8 rings (SSSR count). The quantitative estimate of drug-likeness (QED) is 0.131. The third-order valence-corrected chi connectivity index (χ3v) is 10.9. The van der Waals surface area contributed by atoms with Crippen molar-refractivity contribution in [3.63, 3.8) is 0 Å². The van der Waals surface area contributed by atoms with Crippen molar-refractivity contribution in [2.24, 2.45) is 0 Å². The van der Waals surface area contributed by atoms with Crippen molar-refractivity contribution in [3.8, 4) is 11.9 Å². The number of nitrogens with one attached hydrogen (secondary N) is 4. The van der Waals surface area contributed by atoms with Crippen molar-refractivity contribution in [1.82, 2.24) is 69.4 Å². The second kappa shape index (κ2) is 17.8. The fourth-order valence-electron chi connectivity index (χ4n) is 7.83. The lowest BCUT2D eigenvalue weighted by Gasteiger charge is -2.35. The Kier molecular flexibility index (Phi) is 12.5. The number of rotatable bonds is 10. The van der Waals surface area contributed by atoms with Crippen molar-refractivity contribution in [2.45, 2.75) is 87.9 Å². The van der Waals surface area contributed by atoms with Crippen LogP contribution in [0.25, 0.3) is 34.0 Å². The van der Waals surface area contributed by atoms with Crippen molar-refractivity contribution in [1.29, 1.82) is 0 Å². The summed E-state index contributed by atoms with van der Waals surface area (Å²) in [7, 11) is 3.00. The first-order chi connectivity index (χ1) is 28.6. The number of imidazole rings is 2. The zero-order valence-electron chi connectivity index (χ0n) is 32.7. The fraction of sp³-hybridized carbons (Fsp3) is 0.474. The van der Waals surface area contributed by atoms with Gasteiger partial charge in [0.25, 0.3) is 11.8 Å². The number of hydrogen-bond donors (Lipinski definition) is 4. The lowest BCUT2D eigenvalue weighted by molar-refractivity contribution is -0.149. The van der Waals surface area contributed by atoms with Gasteiger partial charge in [0.2, 0.25) is 11.9 Å². The van der Waals surface area contributed by atoms with Crippen LogP contribution in [0.15, 0.2) is 62.0 Å². The first-order valence-corrected chi connectivity index (χ1v) is 19.4. The molecule has 320 valence electrons. The highest BCUT2D eigenvalue weighted by Gasteiger charge is 2.35. The van der Waals surface area contributed by atoms with Crippen molar-refractivity contribution in [2.75, 3.05) is 27.2 Å². The van der Waals surface area contributed by atoms with Crippen LogP contribution in [0.5, 0.6) is 0 Å². The lowest BCUT2D eigenvalue weighted by Crippen LogP contribution is -2.45. The van der Waals surface area contributed by atoms with Crippen molar-refractivity contribution >= 4 is 33.9 Å². The number of alkyl halides is 6. The summed E-state index contributed by atoms with van der Waals surface area (Å²) >= 11 is 0. The van der Waals surface area contributed by atoms with Gasteiger partial charge in [-0.3, -0.25) is 28.5 Å². The second-order valence-electron chi connectivity index (χ2n) is 15.2. The topological polar surface area (TPSA) is 183 Å². The van der Waals surface area contributed by atoms with Gasteiger partial charge < -0.3 is 20.6 Å². The number of carbonyl (C=O) groups excluding carboxylic acids is 2. The average molecular weight is 843 g/mol. The predicted octanol–water partition coefficient (Wildman–Crippen LogP) is 5.36. The van der Waals surface area contributed by atoms with Crippen LogP contribution in [-0.2, 0) is 0 Å². The Bertz CT molecular complexity index is 2180. The van der Waals surface area contributed by atoms with E-state index in [9.17, 15) is 35.9 Å². The Balaban J connectivity index is 0.000000181. The molecule has 2 amide bonds. The number of fused-ring (bicyclic) bond motifs is 2. The molecule has 0 aliphatic heterocycles. The van der Waals surface area contributed by atoms with Crippen LogP contribution in [0.3, 0.4) is 0 Å². The molecule has 16 nitrogen and oxygen atoms in total. The molecule has 6 aromatic rings. The smallest absolute Gasteiger partial charge is 0.358 e. The molecule has 0 atom stereocenters. The van der Waals surface area contributed by atoms with E-state index in [4.69, 9.17) is 0 Å². The normalized spacial score (nSPS) is 20.0. The molecule has 0 spiro atoms. The van der Waals surface area contributed by atoms with Crippen LogP contribution in [0.4, 0.5) is 26.3 Å². The van der Waals surface area contributed by atoms with Gasteiger partial charge in [0.1, 0.15) is 12.7 Å². The van der Waals surface area contributed by atoms with Gasteiger partial charge in [-0.2, -0.15) is 26.3 Å².